The first-order chi connectivity index (χ1) is 14.2. The zero-order valence-electron chi connectivity index (χ0n) is 18.4. The number of aromatic nitrogens is 2. The Kier molecular flexibility index (Phi) is 8.58. The van der Waals surface area contributed by atoms with Gasteiger partial charge in [0.1, 0.15) is 5.75 Å². The average Bonchev–Trinajstić information content (AvgIpc) is 2.70. The van der Waals surface area contributed by atoms with E-state index >= 15 is 0 Å². The third-order valence-electron chi connectivity index (χ3n) is 5.16. The molecule has 0 unspecified atom stereocenters. The van der Waals surface area contributed by atoms with E-state index in [-0.39, 0.29) is 18.3 Å². The normalized spacial score (nSPS) is 18.9. The molecule has 1 fully saturated rings. The largest absolute Gasteiger partial charge is 0.489 e. The molecule has 1 aliphatic carbocycles. The molecule has 8 heteroatoms. The van der Waals surface area contributed by atoms with Gasteiger partial charge in [-0.3, -0.25) is 9.71 Å². The number of sulfonamides is 1. The molecule has 0 saturated heterocycles. The van der Waals surface area contributed by atoms with Crippen molar-refractivity contribution in [1.82, 2.24) is 9.97 Å². The van der Waals surface area contributed by atoms with E-state index < -0.39 is 15.8 Å². The van der Waals surface area contributed by atoms with Gasteiger partial charge in [0.25, 0.3) is 0 Å². The minimum atomic E-state index is -3.61. The lowest BCUT2D eigenvalue weighted by atomic mass is 9.89. The van der Waals surface area contributed by atoms with Gasteiger partial charge in [0, 0.05) is 18.8 Å². The smallest absolute Gasteiger partial charge is 0.231 e. The highest BCUT2D eigenvalue weighted by Crippen LogP contribution is 2.30. The summed E-state index contributed by atoms with van der Waals surface area (Å²) in [5.74, 6) is 0.491. The van der Waals surface area contributed by atoms with E-state index in [1.807, 2.05) is 20.8 Å². The third kappa shape index (κ3) is 6.65. The molecule has 30 heavy (non-hydrogen) atoms. The second kappa shape index (κ2) is 10.7. The summed E-state index contributed by atoms with van der Waals surface area (Å²) in [6, 6.07) is 1.54. The summed E-state index contributed by atoms with van der Waals surface area (Å²) in [6.07, 6.45) is 10.6. The fraction of sp³-hybridized carbons (Fsp3) is 0.545. The van der Waals surface area contributed by atoms with Crippen LogP contribution in [0.3, 0.4) is 0 Å². The van der Waals surface area contributed by atoms with Gasteiger partial charge in [-0.25, -0.2) is 17.8 Å². The molecule has 0 aromatic carbocycles. The minimum absolute atomic E-state index is 0.190. The minimum Gasteiger partial charge on any atom is -0.489 e. The van der Waals surface area contributed by atoms with Crippen molar-refractivity contribution in [2.75, 3.05) is 11.0 Å². The topological polar surface area (TPSA) is 81.2 Å². The van der Waals surface area contributed by atoms with Gasteiger partial charge in [-0.1, -0.05) is 20.8 Å². The Hall–Kier alpha value is -2.22. The molecule has 2 aromatic heterocycles. The molecule has 1 aliphatic rings. The highest BCUT2D eigenvalue weighted by atomic mass is 32.2. The summed E-state index contributed by atoms with van der Waals surface area (Å²) in [5.41, 5.74) is 2.09. The number of rotatable bonds is 6. The molecule has 0 amide bonds. The number of hydrogen-bond acceptors (Lipinski definition) is 5. The highest BCUT2D eigenvalue weighted by molar-refractivity contribution is 7.92. The Balaban J connectivity index is 0.00000155. The van der Waals surface area contributed by atoms with Gasteiger partial charge in [-0.15, -0.1) is 0 Å². The van der Waals surface area contributed by atoms with Crippen LogP contribution in [0.5, 0.6) is 5.75 Å². The Morgan fingerprint density at radius 3 is 2.47 bits per heavy atom. The molecule has 2 heterocycles. The number of nitrogens with one attached hydrogen (secondary N) is 1. The summed E-state index contributed by atoms with van der Waals surface area (Å²) in [6.45, 7) is 8.20. The van der Waals surface area contributed by atoms with Crippen LogP contribution in [-0.4, -0.2) is 30.7 Å². The predicted molar refractivity (Wildman–Crippen MR) is 118 cm³/mol. The Morgan fingerprint density at radius 2 is 1.83 bits per heavy atom. The molecule has 2 aromatic rings. The van der Waals surface area contributed by atoms with E-state index in [1.54, 1.807) is 12.4 Å². The van der Waals surface area contributed by atoms with Crippen molar-refractivity contribution in [3.8, 4) is 5.75 Å². The van der Waals surface area contributed by atoms with Crippen molar-refractivity contribution in [3.05, 3.63) is 47.2 Å². The van der Waals surface area contributed by atoms with Crippen LogP contribution in [0.4, 0.5) is 10.2 Å². The first-order valence-electron chi connectivity index (χ1n) is 10.4. The van der Waals surface area contributed by atoms with E-state index in [9.17, 15) is 12.8 Å². The zero-order valence-corrected chi connectivity index (χ0v) is 19.2. The second-order valence-corrected chi connectivity index (χ2v) is 9.35. The lowest BCUT2D eigenvalue weighted by Crippen LogP contribution is -2.23. The lowest BCUT2D eigenvalue weighted by Gasteiger charge is -2.27. The standard InChI is InChI=1S/C20H26FN3O3S.C2H6/c1-13-4-6-17(7-5-13)27-18-12-22-11-16(14(18)2)10-15-8-9-23-20(19(15)21)24-28(3,25)26;1-2/h8-9,11-13,17H,4-7,10H2,1-3H3,(H,23,24);1-2H3. The van der Waals surface area contributed by atoms with Gasteiger partial charge in [0.15, 0.2) is 11.6 Å². The lowest BCUT2D eigenvalue weighted by molar-refractivity contribution is 0.134. The van der Waals surface area contributed by atoms with Crippen LogP contribution in [-0.2, 0) is 16.4 Å². The molecule has 0 atom stereocenters. The molecule has 0 spiro atoms. The van der Waals surface area contributed by atoms with Gasteiger partial charge in [-0.05, 0) is 61.3 Å². The maximum Gasteiger partial charge on any atom is 0.231 e. The van der Waals surface area contributed by atoms with E-state index in [2.05, 4.69) is 21.6 Å². The number of nitrogens with zero attached hydrogens (tertiary/aromatic N) is 2. The fourth-order valence-electron chi connectivity index (χ4n) is 3.44. The van der Waals surface area contributed by atoms with Gasteiger partial charge < -0.3 is 4.74 Å². The van der Waals surface area contributed by atoms with E-state index in [0.717, 1.165) is 54.7 Å². The second-order valence-electron chi connectivity index (χ2n) is 7.61. The molecular formula is C22H32FN3O3S. The average molecular weight is 438 g/mol. The van der Waals surface area contributed by atoms with Crippen molar-refractivity contribution in [2.45, 2.75) is 65.9 Å². The van der Waals surface area contributed by atoms with Gasteiger partial charge >= 0.3 is 0 Å². The molecule has 0 radical (unpaired) electrons. The van der Waals surface area contributed by atoms with Crippen molar-refractivity contribution in [2.24, 2.45) is 5.92 Å². The van der Waals surface area contributed by atoms with Crippen LogP contribution >= 0.6 is 0 Å². The molecule has 6 nitrogen and oxygen atoms in total. The third-order valence-corrected chi connectivity index (χ3v) is 5.73. The first kappa shape index (κ1) is 24.1. The van der Waals surface area contributed by atoms with E-state index in [4.69, 9.17) is 4.74 Å². The summed E-state index contributed by atoms with van der Waals surface area (Å²) >= 11 is 0. The number of pyridine rings is 2. The van der Waals surface area contributed by atoms with Crippen LogP contribution in [0.25, 0.3) is 0 Å². The van der Waals surface area contributed by atoms with Gasteiger partial charge in [0.2, 0.25) is 10.0 Å². The van der Waals surface area contributed by atoms with Gasteiger partial charge in [-0.2, -0.15) is 0 Å². The van der Waals surface area contributed by atoms with Crippen LogP contribution in [0.1, 0.15) is 63.1 Å². The number of ether oxygens (including phenoxy) is 1. The Bertz CT molecular complexity index is 943. The molecule has 1 N–H and O–H groups in total. The van der Waals surface area contributed by atoms with E-state index in [1.165, 1.54) is 12.3 Å². The Morgan fingerprint density at radius 1 is 1.17 bits per heavy atom. The quantitative estimate of drug-likeness (QED) is 0.697. The maximum absolute atomic E-state index is 14.7. The monoisotopic (exact) mass is 437 g/mol. The molecular weight excluding hydrogens is 405 g/mol. The molecule has 3 rings (SSSR count). The van der Waals surface area contributed by atoms with Crippen molar-refractivity contribution in [3.63, 3.8) is 0 Å². The maximum atomic E-state index is 14.7. The van der Waals surface area contributed by atoms with Crippen molar-refractivity contribution in [1.29, 1.82) is 0 Å². The summed E-state index contributed by atoms with van der Waals surface area (Å²) in [5, 5.41) is 0. The van der Waals surface area contributed by atoms with Crippen molar-refractivity contribution >= 4 is 15.8 Å². The number of anilines is 1. The van der Waals surface area contributed by atoms with Crippen LogP contribution in [0.15, 0.2) is 24.7 Å². The fourth-order valence-corrected chi connectivity index (χ4v) is 3.94. The van der Waals surface area contributed by atoms with E-state index in [0.29, 0.717) is 5.56 Å². The SMILES string of the molecule is CC.Cc1c(Cc2ccnc(NS(C)(=O)=O)c2F)cncc1OC1CCC(C)CC1. The number of hydrogen-bond donors (Lipinski definition) is 1. The number of halogens is 1. The van der Waals surface area contributed by atoms with Crippen LogP contribution in [0.2, 0.25) is 0 Å². The molecule has 1 saturated carbocycles. The summed E-state index contributed by atoms with van der Waals surface area (Å²) < 4.78 is 45.7. The zero-order chi connectivity index (χ0) is 22.3. The first-order valence-corrected chi connectivity index (χ1v) is 12.3. The predicted octanol–water partition coefficient (Wildman–Crippen LogP) is 4.87. The summed E-state index contributed by atoms with van der Waals surface area (Å²) in [7, 11) is -3.61. The van der Waals surface area contributed by atoms with Crippen LogP contribution in [0, 0.1) is 18.7 Å². The van der Waals surface area contributed by atoms with Gasteiger partial charge in [0.05, 0.1) is 18.6 Å². The van der Waals surface area contributed by atoms with Crippen molar-refractivity contribution < 1.29 is 17.5 Å². The Labute approximate surface area is 179 Å². The highest BCUT2D eigenvalue weighted by Gasteiger charge is 2.21. The summed E-state index contributed by atoms with van der Waals surface area (Å²) in [4.78, 5) is 8.04. The molecule has 166 valence electrons. The van der Waals surface area contributed by atoms with Crippen LogP contribution < -0.4 is 9.46 Å². The molecule has 0 aliphatic heterocycles. The molecule has 0 bridgehead atoms.